The molecule has 18 nitrogen and oxygen atoms in total. The standard InChI is InChI=1S/C60H80N10O8S2/c1-33(61-7)51(71)65-43-25-27-79-45-29-59(3,4)49(69(45)57(43)77)55(75)67-47-39-15-11-9-13-37(39)21-23-41(47)53(73)63-31-35-17-19-36(20-18-35)32-64-54(74)42-24-22-38-14-10-12-16-40(38)48(42)68-56(76)50-60(5,6)30-46-70(50)58(78)44(26-28-80-46)66-52(72)34(2)62-8/h9-20,33-34,41-50,61-62H,21-32H2,1-8H3,(H,63,73)(H,64,74)(H,65,71)(H,66,72)(H,67,75)(H,68,76)/t33-,34-,41+,42+,43-,44+,45-,46-,47+,48-,49+,50+/m0/s1. The largest absolute Gasteiger partial charge is 0.352 e. The molecule has 4 fully saturated rings. The first-order valence-electron chi connectivity index (χ1n) is 28.4. The van der Waals surface area contributed by atoms with Gasteiger partial charge >= 0.3 is 0 Å². The second-order valence-corrected chi connectivity index (χ2v) is 26.5. The molecule has 4 saturated heterocycles. The van der Waals surface area contributed by atoms with E-state index in [1.807, 2.05) is 100 Å². The third-order valence-corrected chi connectivity index (χ3v) is 20.1. The van der Waals surface area contributed by atoms with Crippen molar-refractivity contribution in [1.82, 2.24) is 52.3 Å². The minimum Gasteiger partial charge on any atom is -0.352 e. The van der Waals surface area contributed by atoms with Crippen molar-refractivity contribution in [2.24, 2.45) is 22.7 Å². The first kappa shape index (κ1) is 58.7. The van der Waals surface area contributed by atoms with Crippen molar-refractivity contribution in [2.75, 3.05) is 25.6 Å². The Morgan fingerprint density at radius 1 is 0.537 bits per heavy atom. The first-order valence-corrected chi connectivity index (χ1v) is 30.5. The first-order chi connectivity index (χ1) is 38.2. The van der Waals surface area contributed by atoms with Crippen molar-refractivity contribution >= 4 is 70.8 Å². The Labute approximate surface area is 478 Å². The number of benzene rings is 3. The van der Waals surface area contributed by atoms with E-state index in [-0.39, 0.29) is 71.1 Å². The smallest absolute Gasteiger partial charge is 0.246 e. The molecule has 0 aromatic heterocycles. The van der Waals surface area contributed by atoms with E-state index in [0.29, 0.717) is 62.9 Å². The third-order valence-electron chi connectivity index (χ3n) is 17.6. The summed E-state index contributed by atoms with van der Waals surface area (Å²) >= 11 is 3.27. The molecule has 0 radical (unpaired) electrons. The zero-order valence-corrected chi connectivity index (χ0v) is 49.0. The molecule has 2 aliphatic carbocycles. The number of rotatable bonds is 16. The highest BCUT2D eigenvalue weighted by Crippen LogP contribution is 2.49. The van der Waals surface area contributed by atoms with Crippen LogP contribution >= 0.6 is 23.5 Å². The summed E-state index contributed by atoms with van der Waals surface area (Å²) in [6.45, 7) is 11.9. The Morgan fingerprint density at radius 2 is 0.912 bits per heavy atom. The zero-order valence-electron chi connectivity index (χ0n) is 47.3. The van der Waals surface area contributed by atoms with Crippen LogP contribution in [0.25, 0.3) is 0 Å². The zero-order chi connectivity index (χ0) is 57.2. The number of nitrogens with zero attached hydrogens (tertiary/aromatic N) is 2. The van der Waals surface area contributed by atoms with Crippen LogP contribution in [-0.4, -0.2) is 130 Å². The lowest BCUT2D eigenvalue weighted by Crippen LogP contribution is -2.58. The van der Waals surface area contributed by atoms with Gasteiger partial charge < -0.3 is 52.3 Å². The number of hydrogen-bond acceptors (Lipinski definition) is 12. The summed E-state index contributed by atoms with van der Waals surface area (Å²) in [6, 6.07) is 17.9. The molecule has 6 aliphatic rings. The molecule has 0 spiro atoms. The van der Waals surface area contributed by atoms with E-state index in [9.17, 15) is 38.4 Å². The quantitative estimate of drug-likeness (QED) is 0.101. The van der Waals surface area contributed by atoms with Crippen LogP contribution in [0.2, 0.25) is 0 Å². The van der Waals surface area contributed by atoms with E-state index in [4.69, 9.17) is 0 Å². The van der Waals surface area contributed by atoms with E-state index in [0.717, 1.165) is 33.4 Å². The molecule has 3 aromatic carbocycles. The number of likely N-dealkylation sites (N-methyl/N-ethyl adjacent to an activating group) is 2. The third kappa shape index (κ3) is 12.3. The van der Waals surface area contributed by atoms with E-state index in [2.05, 4.69) is 42.5 Å². The minimum atomic E-state index is -0.826. The average molecular weight is 1130 g/mol. The predicted octanol–water partition coefficient (Wildman–Crippen LogP) is 4.12. The highest BCUT2D eigenvalue weighted by atomic mass is 32.2. The van der Waals surface area contributed by atoms with Gasteiger partial charge in [0.1, 0.15) is 24.2 Å². The van der Waals surface area contributed by atoms with Crippen molar-refractivity contribution in [3.8, 4) is 0 Å². The number of aryl methyl sites for hydroxylation is 2. The fraction of sp³-hybridized carbons (Fsp3) is 0.567. The van der Waals surface area contributed by atoms with Crippen LogP contribution in [0.15, 0.2) is 72.8 Å². The molecule has 4 heterocycles. The Balaban J connectivity index is 0.838. The molecule has 8 N–H and O–H groups in total. The molecule has 0 saturated carbocycles. The van der Waals surface area contributed by atoms with Gasteiger partial charge in [0, 0.05) is 13.1 Å². The average Bonchev–Trinajstić information content (AvgIpc) is 3.85. The highest BCUT2D eigenvalue weighted by Gasteiger charge is 2.57. The normalized spacial score (nSPS) is 28.2. The van der Waals surface area contributed by atoms with Gasteiger partial charge in [-0.15, -0.1) is 23.5 Å². The molecular weight excluding hydrogens is 1050 g/mol. The van der Waals surface area contributed by atoms with Gasteiger partial charge in [-0.25, -0.2) is 0 Å². The topological polar surface area (TPSA) is 239 Å². The minimum absolute atomic E-state index is 0.205. The number of thioether (sulfide) groups is 2. The summed E-state index contributed by atoms with van der Waals surface area (Å²) in [5, 5.41) is 24.1. The maximum Gasteiger partial charge on any atom is 0.246 e. The lowest BCUT2D eigenvalue weighted by atomic mass is 9.78. The predicted molar refractivity (Wildman–Crippen MR) is 309 cm³/mol. The summed E-state index contributed by atoms with van der Waals surface area (Å²) in [7, 11) is 3.38. The lowest BCUT2D eigenvalue weighted by Gasteiger charge is -2.38. The van der Waals surface area contributed by atoms with Crippen LogP contribution < -0.4 is 42.5 Å². The maximum atomic E-state index is 14.8. The summed E-state index contributed by atoms with van der Waals surface area (Å²) in [6.07, 6.45) is 4.45. The summed E-state index contributed by atoms with van der Waals surface area (Å²) in [5.74, 6) is -2.04. The van der Waals surface area contributed by atoms with Gasteiger partial charge in [0.05, 0.1) is 46.8 Å². The Kier molecular flexibility index (Phi) is 18.1. The molecule has 9 rings (SSSR count). The van der Waals surface area contributed by atoms with Gasteiger partial charge in [-0.2, -0.15) is 0 Å². The number of carbonyl (C=O) groups excluding carboxylic acids is 8. The van der Waals surface area contributed by atoms with Crippen molar-refractivity contribution in [3.05, 3.63) is 106 Å². The van der Waals surface area contributed by atoms with Crippen LogP contribution in [0.1, 0.15) is 126 Å². The second kappa shape index (κ2) is 24.6. The Bertz CT molecular complexity index is 2660. The summed E-state index contributed by atoms with van der Waals surface area (Å²) < 4.78 is 0. The summed E-state index contributed by atoms with van der Waals surface area (Å²) in [4.78, 5) is 116. The van der Waals surface area contributed by atoms with Gasteiger partial charge in [-0.3, -0.25) is 38.4 Å². The van der Waals surface area contributed by atoms with Crippen LogP contribution in [0, 0.1) is 22.7 Å². The SMILES string of the molecule is CN[C@@H](C)C(=O)N[C@H]1CCS[C@H]2CC(C)(C)[C@@H](C(=O)N[C@@H]3c4ccccc4CC[C@H]3C(=O)NCc3ccc(CNC(=O)[C@@H]4CCc5ccccc5[C@@H]4NC(=O)[C@H]4N5C(=O)[C@H](NC(=O)[C@H](C)NC)CCS[C@H]5CC4(C)C)cc3)N2C1=O. The lowest BCUT2D eigenvalue weighted by molar-refractivity contribution is -0.144. The number of hydrogen-bond donors (Lipinski definition) is 8. The molecule has 20 heteroatoms. The van der Waals surface area contributed by atoms with Gasteiger partial charge in [0.15, 0.2) is 0 Å². The van der Waals surface area contributed by atoms with Crippen molar-refractivity contribution < 1.29 is 38.4 Å². The molecule has 80 heavy (non-hydrogen) atoms. The molecule has 12 atom stereocenters. The molecule has 3 aromatic rings. The van der Waals surface area contributed by atoms with Crippen molar-refractivity contribution in [1.29, 1.82) is 0 Å². The van der Waals surface area contributed by atoms with Gasteiger partial charge in [0.2, 0.25) is 47.3 Å². The van der Waals surface area contributed by atoms with Gasteiger partial charge in [-0.1, -0.05) is 100 Å². The second-order valence-electron chi connectivity index (χ2n) is 24.0. The van der Waals surface area contributed by atoms with Crippen molar-refractivity contribution in [2.45, 2.75) is 165 Å². The van der Waals surface area contributed by atoms with Gasteiger partial charge in [0.25, 0.3) is 0 Å². The number of carbonyl (C=O) groups is 8. The number of fused-ring (bicyclic) bond motifs is 4. The van der Waals surface area contributed by atoms with Gasteiger partial charge in [-0.05, 0) is 135 Å². The Hall–Kier alpha value is -5.96. The van der Waals surface area contributed by atoms with Crippen LogP contribution in [0.3, 0.4) is 0 Å². The molecule has 0 unspecified atom stereocenters. The fourth-order valence-corrected chi connectivity index (χ4v) is 16.0. The van der Waals surface area contributed by atoms with E-state index < -0.39 is 71.0 Å². The van der Waals surface area contributed by atoms with E-state index >= 15 is 0 Å². The number of nitrogens with one attached hydrogen (secondary N) is 8. The summed E-state index contributed by atoms with van der Waals surface area (Å²) in [5.41, 5.74) is 4.37. The van der Waals surface area contributed by atoms with Crippen LogP contribution in [0.4, 0.5) is 0 Å². The Morgan fingerprint density at radius 3 is 1.29 bits per heavy atom. The van der Waals surface area contributed by atoms with E-state index in [1.165, 1.54) is 0 Å². The monoisotopic (exact) mass is 1130 g/mol. The highest BCUT2D eigenvalue weighted by molar-refractivity contribution is 8.00. The van der Waals surface area contributed by atoms with Crippen LogP contribution in [0.5, 0.6) is 0 Å². The molecule has 430 valence electrons. The number of amides is 8. The fourth-order valence-electron chi connectivity index (χ4n) is 12.9. The van der Waals surface area contributed by atoms with E-state index in [1.54, 1.807) is 61.3 Å². The molecule has 0 bridgehead atoms. The maximum absolute atomic E-state index is 14.8. The molecular formula is C60H80N10O8S2. The molecule has 4 aliphatic heterocycles. The molecule has 8 amide bonds. The van der Waals surface area contributed by atoms with Crippen molar-refractivity contribution in [3.63, 3.8) is 0 Å². The van der Waals surface area contributed by atoms with Crippen LogP contribution in [-0.2, 0) is 64.3 Å².